The number of hydrogen-bond donors (Lipinski definition) is 0. The van der Waals surface area contributed by atoms with E-state index in [1.165, 1.54) is 0 Å². The van der Waals surface area contributed by atoms with Crippen LogP contribution < -0.4 is 0 Å². The molecule has 0 unspecified atom stereocenters. The summed E-state index contributed by atoms with van der Waals surface area (Å²) in [6.07, 6.45) is 1.92. The van der Waals surface area contributed by atoms with Crippen molar-refractivity contribution in [2.75, 3.05) is 19.6 Å². The monoisotopic (exact) mass is 196 g/mol. The lowest BCUT2D eigenvalue weighted by Gasteiger charge is -2.43. The lowest BCUT2D eigenvalue weighted by molar-refractivity contribution is -0.134. The number of carbonyl (C=O) groups excluding carboxylic acids is 1. The summed E-state index contributed by atoms with van der Waals surface area (Å²) >= 11 is 0. The fourth-order valence-corrected chi connectivity index (χ4v) is 2.06. The number of rotatable bonds is 2. The largest absolute Gasteiger partial charge is 0.337 e. The Balaban J connectivity index is 2.61. The van der Waals surface area contributed by atoms with Gasteiger partial charge in [-0.3, -0.25) is 9.69 Å². The number of piperazine rings is 1. The van der Waals surface area contributed by atoms with Crippen molar-refractivity contribution in [3.8, 4) is 0 Å². The molecule has 0 aromatic heterocycles. The van der Waals surface area contributed by atoms with Crippen molar-refractivity contribution in [1.29, 1.82) is 0 Å². The maximum atomic E-state index is 11.3. The standard InChI is InChI=1S/C11H20N2O/c1-5-6-12-7-10(3)13(11(4)14)8-9(12)2/h5,9-10H,1,6-8H2,2-4H3/t9-,10+/m1/s1. The topological polar surface area (TPSA) is 23.6 Å². The van der Waals surface area contributed by atoms with Gasteiger partial charge in [0.1, 0.15) is 0 Å². The predicted molar refractivity (Wildman–Crippen MR) is 58.1 cm³/mol. The summed E-state index contributed by atoms with van der Waals surface area (Å²) in [5.41, 5.74) is 0. The van der Waals surface area contributed by atoms with E-state index in [2.05, 4.69) is 25.3 Å². The van der Waals surface area contributed by atoms with E-state index < -0.39 is 0 Å². The minimum atomic E-state index is 0.183. The Hall–Kier alpha value is -0.830. The molecule has 0 saturated carbocycles. The van der Waals surface area contributed by atoms with Crippen molar-refractivity contribution in [3.05, 3.63) is 12.7 Å². The molecule has 1 heterocycles. The molecular formula is C11H20N2O. The zero-order chi connectivity index (χ0) is 10.7. The maximum Gasteiger partial charge on any atom is 0.219 e. The molecule has 1 saturated heterocycles. The van der Waals surface area contributed by atoms with Gasteiger partial charge < -0.3 is 4.90 Å². The summed E-state index contributed by atoms with van der Waals surface area (Å²) in [6.45, 7) is 12.4. The van der Waals surface area contributed by atoms with Crippen molar-refractivity contribution in [2.45, 2.75) is 32.9 Å². The van der Waals surface area contributed by atoms with Crippen molar-refractivity contribution in [1.82, 2.24) is 9.80 Å². The average molecular weight is 196 g/mol. The Kier molecular flexibility index (Phi) is 3.69. The Bertz CT molecular complexity index is 227. The second-order valence-corrected chi connectivity index (χ2v) is 4.11. The zero-order valence-electron chi connectivity index (χ0n) is 9.36. The van der Waals surface area contributed by atoms with E-state index in [9.17, 15) is 4.79 Å². The van der Waals surface area contributed by atoms with Crippen LogP contribution in [0, 0.1) is 0 Å². The molecule has 0 aromatic carbocycles. The normalized spacial score (nSPS) is 28.9. The lowest BCUT2D eigenvalue weighted by atomic mass is 10.1. The molecule has 1 amide bonds. The van der Waals surface area contributed by atoms with Gasteiger partial charge in [-0.2, -0.15) is 0 Å². The van der Waals surface area contributed by atoms with Gasteiger partial charge in [-0.1, -0.05) is 6.08 Å². The highest BCUT2D eigenvalue weighted by Gasteiger charge is 2.29. The summed E-state index contributed by atoms with van der Waals surface area (Å²) in [4.78, 5) is 15.6. The van der Waals surface area contributed by atoms with Crippen molar-refractivity contribution in [2.24, 2.45) is 0 Å². The van der Waals surface area contributed by atoms with Crippen LogP contribution in [0.15, 0.2) is 12.7 Å². The van der Waals surface area contributed by atoms with Gasteiger partial charge in [0, 0.05) is 38.6 Å². The fraction of sp³-hybridized carbons (Fsp3) is 0.727. The molecule has 0 aromatic rings. The van der Waals surface area contributed by atoms with Gasteiger partial charge in [-0.05, 0) is 13.8 Å². The highest BCUT2D eigenvalue weighted by molar-refractivity contribution is 5.73. The Morgan fingerprint density at radius 2 is 2.07 bits per heavy atom. The number of hydrogen-bond acceptors (Lipinski definition) is 2. The first kappa shape index (κ1) is 11.2. The highest BCUT2D eigenvalue weighted by atomic mass is 16.2. The van der Waals surface area contributed by atoms with Crippen LogP contribution in [-0.4, -0.2) is 47.4 Å². The molecule has 1 aliphatic rings. The summed E-state index contributed by atoms with van der Waals surface area (Å²) in [5.74, 6) is 0.183. The van der Waals surface area contributed by atoms with Gasteiger partial charge in [-0.15, -0.1) is 6.58 Å². The van der Waals surface area contributed by atoms with Crippen LogP contribution in [0.3, 0.4) is 0 Å². The van der Waals surface area contributed by atoms with Crippen molar-refractivity contribution >= 4 is 5.91 Å². The number of amides is 1. The van der Waals surface area contributed by atoms with Gasteiger partial charge in [0.25, 0.3) is 0 Å². The van der Waals surface area contributed by atoms with Gasteiger partial charge in [0.2, 0.25) is 5.91 Å². The van der Waals surface area contributed by atoms with Crippen LogP contribution in [0.2, 0.25) is 0 Å². The first-order chi connectivity index (χ1) is 6.56. The quantitative estimate of drug-likeness (QED) is 0.618. The molecule has 0 bridgehead atoms. The van der Waals surface area contributed by atoms with E-state index in [1.54, 1.807) is 6.92 Å². The lowest BCUT2D eigenvalue weighted by Crippen LogP contribution is -2.57. The molecule has 2 atom stereocenters. The third kappa shape index (κ3) is 2.35. The summed E-state index contributed by atoms with van der Waals surface area (Å²) in [6, 6.07) is 0.761. The second kappa shape index (κ2) is 4.60. The molecule has 0 aliphatic carbocycles. The van der Waals surface area contributed by atoms with Gasteiger partial charge in [-0.25, -0.2) is 0 Å². The first-order valence-corrected chi connectivity index (χ1v) is 5.18. The molecule has 1 aliphatic heterocycles. The van der Waals surface area contributed by atoms with Crippen LogP contribution >= 0.6 is 0 Å². The third-order valence-corrected chi connectivity index (χ3v) is 2.88. The van der Waals surface area contributed by atoms with Crippen LogP contribution in [0.5, 0.6) is 0 Å². The Morgan fingerprint density at radius 1 is 1.43 bits per heavy atom. The first-order valence-electron chi connectivity index (χ1n) is 5.18. The van der Waals surface area contributed by atoms with E-state index in [1.807, 2.05) is 11.0 Å². The highest BCUT2D eigenvalue weighted by Crippen LogP contribution is 2.14. The van der Waals surface area contributed by atoms with E-state index >= 15 is 0 Å². The molecule has 0 N–H and O–H groups in total. The van der Waals surface area contributed by atoms with Gasteiger partial charge >= 0.3 is 0 Å². The zero-order valence-corrected chi connectivity index (χ0v) is 9.36. The summed E-state index contributed by atoms with van der Waals surface area (Å²) in [5, 5.41) is 0. The van der Waals surface area contributed by atoms with E-state index in [0.29, 0.717) is 12.1 Å². The SMILES string of the molecule is C=CCN1C[C@H](C)N(C(C)=O)C[C@H]1C. The smallest absolute Gasteiger partial charge is 0.219 e. The minimum absolute atomic E-state index is 0.183. The molecule has 80 valence electrons. The predicted octanol–water partition coefficient (Wildman–Crippen LogP) is 1.11. The van der Waals surface area contributed by atoms with E-state index in [4.69, 9.17) is 0 Å². The van der Waals surface area contributed by atoms with Crippen LogP contribution in [0.1, 0.15) is 20.8 Å². The van der Waals surface area contributed by atoms with Gasteiger partial charge in [0.15, 0.2) is 0 Å². The molecule has 3 nitrogen and oxygen atoms in total. The van der Waals surface area contributed by atoms with Crippen LogP contribution in [0.25, 0.3) is 0 Å². The molecule has 3 heteroatoms. The second-order valence-electron chi connectivity index (χ2n) is 4.11. The van der Waals surface area contributed by atoms with Gasteiger partial charge in [0.05, 0.1) is 0 Å². The molecule has 0 radical (unpaired) electrons. The molecule has 1 rings (SSSR count). The van der Waals surface area contributed by atoms with E-state index in [0.717, 1.165) is 19.6 Å². The van der Waals surface area contributed by atoms with Crippen molar-refractivity contribution < 1.29 is 4.79 Å². The van der Waals surface area contributed by atoms with Crippen LogP contribution in [-0.2, 0) is 4.79 Å². The minimum Gasteiger partial charge on any atom is -0.337 e. The Labute approximate surface area is 86.4 Å². The van der Waals surface area contributed by atoms with Crippen molar-refractivity contribution in [3.63, 3.8) is 0 Å². The van der Waals surface area contributed by atoms with Crippen LogP contribution in [0.4, 0.5) is 0 Å². The third-order valence-electron chi connectivity index (χ3n) is 2.88. The summed E-state index contributed by atoms with van der Waals surface area (Å²) < 4.78 is 0. The molecular weight excluding hydrogens is 176 g/mol. The number of carbonyl (C=O) groups is 1. The average Bonchev–Trinajstić information content (AvgIpc) is 2.10. The van der Waals surface area contributed by atoms with E-state index in [-0.39, 0.29) is 5.91 Å². The molecule has 1 fully saturated rings. The Morgan fingerprint density at radius 3 is 2.57 bits per heavy atom. The number of nitrogens with zero attached hydrogens (tertiary/aromatic N) is 2. The maximum absolute atomic E-state index is 11.3. The summed E-state index contributed by atoms with van der Waals surface area (Å²) in [7, 11) is 0. The molecule has 14 heavy (non-hydrogen) atoms. The molecule has 0 spiro atoms. The fourth-order valence-electron chi connectivity index (χ4n) is 2.06.